The van der Waals surface area contributed by atoms with E-state index in [1.165, 1.54) is 0 Å². The number of alkyl halides is 3. The number of amides is 1. The maximum Gasteiger partial charge on any atom is 0.416 e. The van der Waals surface area contributed by atoms with Crippen molar-refractivity contribution in [3.8, 4) is 12.3 Å². The molecule has 98 valence electrons. The molecular formula is C13H8F3NO2. The highest BCUT2D eigenvalue weighted by Gasteiger charge is 2.38. The molecule has 1 heterocycles. The van der Waals surface area contributed by atoms with E-state index in [1.807, 2.05) is 0 Å². The molecule has 0 atom stereocenters. The lowest BCUT2D eigenvalue weighted by atomic mass is 10.1. The molecule has 0 aromatic heterocycles. The first-order chi connectivity index (χ1) is 8.86. The summed E-state index contributed by atoms with van der Waals surface area (Å²) in [5, 5.41) is 0. The highest BCUT2D eigenvalue weighted by atomic mass is 19.4. The summed E-state index contributed by atoms with van der Waals surface area (Å²) in [6.07, 6.45) is 0.737. The van der Waals surface area contributed by atoms with Crippen molar-refractivity contribution in [3.05, 3.63) is 29.3 Å². The van der Waals surface area contributed by atoms with Crippen LogP contribution in [0.5, 0.6) is 0 Å². The van der Waals surface area contributed by atoms with E-state index in [4.69, 9.17) is 6.42 Å². The molecule has 1 aromatic carbocycles. The van der Waals surface area contributed by atoms with Gasteiger partial charge in [-0.05, 0) is 18.2 Å². The molecule has 0 unspecified atom stereocenters. The Hall–Kier alpha value is -2.29. The summed E-state index contributed by atoms with van der Waals surface area (Å²) >= 11 is 0. The van der Waals surface area contributed by atoms with Crippen LogP contribution in [0.15, 0.2) is 18.2 Å². The van der Waals surface area contributed by atoms with Gasteiger partial charge in [0.25, 0.3) is 11.7 Å². The number of hydrogen-bond acceptors (Lipinski definition) is 2. The second kappa shape index (κ2) is 4.43. The first-order valence-electron chi connectivity index (χ1n) is 5.37. The van der Waals surface area contributed by atoms with Gasteiger partial charge in [-0.25, -0.2) is 0 Å². The summed E-state index contributed by atoms with van der Waals surface area (Å²) in [6.45, 7) is 0.111. The molecule has 0 radical (unpaired) electrons. The number of ketones is 1. The average Bonchev–Trinajstić information content (AvgIpc) is 2.59. The van der Waals surface area contributed by atoms with Crippen molar-refractivity contribution in [1.29, 1.82) is 0 Å². The highest BCUT2D eigenvalue weighted by Crippen LogP contribution is 2.35. The number of halogens is 3. The predicted octanol–water partition coefficient (Wildman–Crippen LogP) is 2.26. The molecule has 1 aromatic rings. The SMILES string of the molecule is C#CCCN1C(=O)C(=O)c2cc(C(F)(F)F)ccc21. The maximum absolute atomic E-state index is 12.5. The summed E-state index contributed by atoms with van der Waals surface area (Å²) in [7, 11) is 0. The molecule has 2 rings (SSSR count). The van der Waals surface area contributed by atoms with Crippen LogP contribution in [0.25, 0.3) is 0 Å². The fourth-order valence-electron chi connectivity index (χ4n) is 1.88. The number of carbonyl (C=O) groups excluding carboxylic acids is 2. The number of fused-ring (bicyclic) bond motifs is 1. The van der Waals surface area contributed by atoms with Gasteiger partial charge in [-0.15, -0.1) is 12.3 Å². The van der Waals surface area contributed by atoms with Crippen molar-refractivity contribution in [2.75, 3.05) is 11.4 Å². The number of carbonyl (C=O) groups is 2. The van der Waals surface area contributed by atoms with Crippen LogP contribution in [0.4, 0.5) is 18.9 Å². The van der Waals surface area contributed by atoms with Crippen LogP contribution >= 0.6 is 0 Å². The highest BCUT2D eigenvalue weighted by molar-refractivity contribution is 6.52. The average molecular weight is 267 g/mol. The van der Waals surface area contributed by atoms with Crippen molar-refractivity contribution in [2.45, 2.75) is 12.6 Å². The fourth-order valence-corrected chi connectivity index (χ4v) is 1.88. The molecule has 0 N–H and O–H groups in total. The first kappa shape index (κ1) is 13.1. The Morgan fingerprint density at radius 1 is 1.26 bits per heavy atom. The quantitative estimate of drug-likeness (QED) is 0.609. The van der Waals surface area contributed by atoms with E-state index in [1.54, 1.807) is 0 Å². The van der Waals surface area contributed by atoms with E-state index in [0.29, 0.717) is 6.07 Å². The molecule has 0 fully saturated rings. The molecule has 1 aliphatic heterocycles. The number of nitrogens with zero attached hydrogens (tertiary/aromatic N) is 1. The van der Waals surface area contributed by atoms with E-state index in [-0.39, 0.29) is 24.2 Å². The van der Waals surface area contributed by atoms with Gasteiger partial charge >= 0.3 is 6.18 Å². The Bertz CT molecular complexity index is 599. The lowest BCUT2D eigenvalue weighted by molar-refractivity contribution is -0.137. The topological polar surface area (TPSA) is 37.4 Å². The van der Waals surface area contributed by atoms with Crippen LogP contribution in [-0.4, -0.2) is 18.2 Å². The van der Waals surface area contributed by atoms with Crippen molar-refractivity contribution in [3.63, 3.8) is 0 Å². The number of terminal acetylenes is 1. The molecule has 0 spiro atoms. The molecule has 0 aliphatic carbocycles. The van der Waals surface area contributed by atoms with Crippen LogP contribution in [0.2, 0.25) is 0 Å². The standard InChI is InChI=1S/C13H8F3NO2/c1-2-3-6-17-10-5-4-8(13(14,15)16)7-9(10)11(18)12(17)19/h1,4-5,7H,3,6H2. The molecular weight excluding hydrogens is 259 g/mol. The minimum Gasteiger partial charge on any atom is -0.304 e. The second-order valence-corrected chi connectivity index (χ2v) is 3.97. The zero-order valence-corrected chi connectivity index (χ0v) is 9.62. The van der Waals surface area contributed by atoms with Crippen LogP contribution < -0.4 is 4.90 Å². The van der Waals surface area contributed by atoms with Crippen molar-refractivity contribution >= 4 is 17.4 Å². The van der Waals surface area contributed by atoms with E-state index in [2.05, 4.69) is 5.92 Å². The van der Waals surface area contributed by atoms with Gasteiger partial charge in [0.05, 0.1) is 16.8 Å². The monoisotopic (exact) mass is 267 g/mol. The third kappa shape index (κ3) is 2.19. The Morgan fingerprint density at radius 2 is 1.95 bits per heavy atom. The van der Waals surface area contributed by atoms with Gasteiger partial charge in [0.15, 0.2) is 0 Å². The molecule has 0 saturated carbocycles. The predicted molar refractivity (Wildman–Crippen MR) is 61.6 cm³/mol. The Morgan fingerprint density at radius 3 is 2.53 bits per heavy atom. The minimum absolute atomic E-state index is 0.111. The number of hydrogen-bond donors (Lipinski definition) is 0. The first-order valence-corrected chi connectivity index (χ1v) is 5.37. The normalized spacial score (nSPS) is 14.5. The van der Waals surface area contributed by atoms with E-state index in [0.717, 1.165) is 17.0 Å². The van der Waals surface area contributed by atoms with Gasteiger partial charge in [0.1, 0.15) is 0 Å². The van der Waals surface area contributed by atoms with Gasteiger partial charge in [0, 0.05) is 13.0 Å². The maximum atomic E-state index is 12.5. The summed E-state index contributed by atoms with van der Waals surface area (Å²) < 4.78 is 37.6. The molecule has 0 saturated heterocycles. The summed E-state index contributed by atoms with van der Waals surface area (Å²) in [5.74, 6) is 0.536. The van der Waals surface area contributed by atoms with Crippen molar-refractivity contribution in [1.82, 2.24) is 0 Å². The number of benzene rings is 1. The zero-order valence-electron chi connectivity index (χ0n) is 9.62. The molecule has 0 bridgehead atoms. The molecule has 3 nitrogen and oxygen atoms in total. The molecule has 1 aliphatic rings. The van der Waals surface area contributed by atoms with Crippen LogP contribution in [0.3, 0.4) is 0 Å². The smallest absolute Gasteiger partial charge is 0.304 e. The van der Waals surface area contributed by atoms with Gasteiger partial charge < -0.3 is 4.90 Å². The van der Waals surface area contributed by atoms with Gasteiger partial charge in [-0.1, -0.05) is 0 Å². The van der Waals surface area contributed by atoms with Gasteiger partial charge in [0.2, 0.25) is 0 Å². The van der Waals surface area contributed by atoms with E-state index < -0.39 is 23.4 Å². The number of Topliss-reactive ketones (excluding diaryl/α,β-unsaturated/α-hetero) is 1. The lowest BCUT2D eigenvalue weighted by Crippen LogP contribution is -2.30. The zero-order chi connectivity index (χ0) is 14.2. The van der Waals surface area contributed by atoms with E-state index in [9.17, 15) is 22.8 Å². The van der Waals surface area contributed by atoms with Crippen LogP contribution in [-0.2, 0) is 11.0 Å². The lowest BCUT2D eigenvalue weighted by Gasteiger charge is -2.15. The molecule has 19 heavy (non-hydrogen) atoms. The summed E-state index contributed by atoms with van der Waals surface area (Å²) in [4.78, 5) is 24.4. The number of anilines is 1. The Balaban J connectivity index is 2.45. The molecule has 1 amide bonds. The van der Waals surface area contributed by atoms with Gasteiger partial charge in [-0.3, -0.25) is 9.59 Å². The van der Waals surface area contributed by atoms with Crippen molar-refractivity contribution in [2.24, 2.45) is 0 Å². The Labute approximate surface area is 107 Å². The third-order valence-corrected chi connectivity index (χ3v) is 2.78. The fraction of sp³-hybridized carbons (Fsp3) is 0.231. The van der Waals surface area contributed by atoms with Crippen LogP contribution in [0, 0.1) is 12.3 Å². The molecule has 6 heteroatoms. The second-order valence-electron chi connectivity index (χ2n) is 3.97. The summed E-state index contributed by atoms with van der Waals surface area (Å²) in [5.41, 5.74) is -0.999. The number of rotatable bonds is 2. The minimum atomic E-state index is -4.55. The third-order valence-electron chi connectivity index (χ3n) is 2.78. The summed E-state index contributed by atoms with van der Waals surface area (Å²) in [6, 6.07) is 2.66. The van der Waals surface area contributed by atoms with E-state index >= 15 is 0 Å². The largest absolute Gasteiger partial charge is 0.416 e. The van der Waals surface area contributed by atoms with Crippen LogP contribution in [0.1, 0.15) is 22.3 Å². The Kier molecular flexibility index (Phi) is 3.06. The van der Waals surface area contributed by atoms with Crippen molar-refractivity contribution < 1.29 is 22.8 Å². The van der Waals surface area contributed by atoms with Gasteiger partial charge in [-0.2, -0.15) is 13.2 Å².